The summed E-state index contributed by atoms with van der Waals surface area (Å²) < 4.78 is 0. The summed E-state index contributed by atoms with van der Waals surface area (Å²) in [5.41, 5.74) is 15.4. The van der Waals surface area contributed by atoms with Gasteiger partial charge in [-0.1, -0.05) is 234 Å². The minimum atomic E-state index is -1.33. The van der Waals surface area contributed by atoms with Crippen molar-refractivity contribution in [2.75, 3.05) is 0 Å². The molecular weight excluding hydrogens is 709 g/mol. The Morgan fingerprint density at radius 2 is 0.855 bits per heavy atom. The fourth-order valence-corrected chi connectivity index (χ4v) is 14.6. The molecule has 2 saturated carbocycles. The SMILES string of the molecule is C[Si](C)(C)c1ccc(-c2cccc3c2C=C(CC2CCCCC2)C3C[Si]CC2C(CC3CCCCC3)=Cc3c(-c4ccc([Si](C)(C)C)cc4)cccc32)cc1. The van der Waals surface area contributed by atoms with E-state index in [0.29, 0.717) is 11.8 Å². The summed E-state index contributed by atoms with van der Waals surface area (Å²) in [5.74, 6) is 2.87. The van der Waals surface area contributed by atoms with E-state index < -0.39 is 16.1 Å². The first-order valence-electron chi connectivity index (χ1n) is 22.1. The quantitative estimate of drug-likeness (QED) is 0.126. The fourth-order valence-electron chi connectivity index (χ4n) is 10.6. The van der Waals surface area contributed by atoms with Crippen molar-refractivity contribution in [1.82, 2.24) is 0 Å². The molecule has 0 N–H and O–H groups in total. The van der Waals surface area contributed by atoms with E-state index in [0.717, 1.165) is 21.4 Å². The fraction of sp³-hybridized carbons (Fsp3) is 0.462. The molecule has 0 aromatic heterocycles. The van der Waals surface area contributed by atoms with Gasteiger partial charge in [0.05, 0.1) is 16.1 Å². The normalized spacial score (nSPS) is 20.6. The van der Waals surface area contributed by atoms with Crippen LogP contribution in [0.5, 0.6) is 0 Å². The molecular formula is C52H66Si3. The lowest BCUT2D eigenvalue weighted by Gasteiger charge is -2.26. The van der Waals surface area contributed by atoms with E-state index in [1.165, 1.54) is 123 Å². The molecule has 286 valence electrons. The maximum absolute atomic E-state index is 2.68. The van der Waals surface area contributed by atoms with Crippen molar-refractivity contribution in [3.05, 3.63) is 118 Å². The van der Waals surface area contributed by atoms with Crippen LogP contribution < -0.4 is 10.4 Å². The average Bonchev–Trinajstić information content (AvgIpc) is 3.71. The maximum atomic E-state index is 2.68. The van der Waals surface area contributed by atoms with Gasteiger partial charge in [-0.05, 0) is 69.2 Å². The molecule has 3 heteroatoms. The minimum absolute atomic E-state index is 0.569. The van der Waals surface area contributed by atoms with Crippen LogP contribution in [0, 0.1) is 11.8 Å². The van der Waals surface area contributed by atoms with E-state index in [4.69, 9.17) is 0 Å². The summed E-state index contributed by atoms with van der Waals surface area (Å²) in [6.07, 6.45) is 22.2. The maximum Gasteiger partial charge on any atom is 0.0775 e. The lowest BCUT2D eigenvalue weighted by Crippen LogP contribution is -2.37. The van der Waals surface area contributed by atoms with Gasteiger partial charge >= 0.3 is 0 Å². The molecule has 8 rings (SSSR count). The predicted molar refractivity (Wildman–Crippen MR) is 249 cm³/mol. The third-order valence-corrected chi connectivity index (χ3v) is 19.4. The highest BCUT2D eigenvalue weighted by Gasteiger charge is 2.33. The second-order valence-corrected chi connectivity index (χ2v) is 31.4. The van der Waals surface area contributed by atoms with E-state index in [9.17, 15) is 0 Å². The molecule has 4 aliphatic carbocycles. The molecule has 2 radical (unpaired) electrons. The first kappa shape index (κ1) is 38.9. The molecule has 0 aliphatic heterocycles. The Hall–Kier alpha value is -2.99. The van der Waals surface area contributed by atoms with Crippen LogP contribution in [0.15, 0.2) is 96.1 Å². The molecule has 2 atom stereocenters. The van der Waals surface area contributed by atoms with Crippen LogP contribution in [0.1, 0.15) is 111 Å². The lowest BCUT2D eigenvalue weighted by molar-refractivity contribution is 0.353. The first-order chi connectivity index (χ1) is 26.5. The summed E-state index contributed by atoms with van der Waals surface area (Å²) in [5, 5.41) is 3.10. The smallest absolute Gasteiger partial charge is 0.0656 e. The van der Waals surface area contributed by atoms with E-state index >= 15 is 0 Å². The third-order valence-electron chi connectivity index (χ3n) is 13.9. The largest absolute Gasteiger partial charge is 0.0775 e. The second-order valence-electron chi connectivity index (χ2n) is 19.9. The minimum Gasteiger partial charge on any atom is -0.0656 e. The summed E-state index contributed by atoms with van der Waals surface area (Å²) in [6, 6.07) is 36.5. The van der Waals surface area contributed by atoms with Gasteiger partial charge in [0.1, 0.15) is 0 Å². The number of benzene rings is 4. The first-order valence-corrected chi connectivity index (χ1v) is 30.5. The van der Waals surface area contributed by atoms with E-state index in [-0.39, 0.29) is 0 Å². The van der Waals surface area contributed by atoms with Gasteiger partial charge in [0, 0.05) is 21.4 Å². The van der Waals surface area contributed by atoms with Crippen LogP contribution in [-0.2, 0) is 0 Å². The van der Waals surface area contributed by atoms with Gasteiger partial charge in [-0.15, -0.1) is 0 Å². The van der Waals surface area contributed by atoms with Crippen molar-refractivity contribution in [3.8, 4) is 22.3 Å². The predicted octanol–water partition coefficient (Wildman–Crippen LogP) is 14.3. The highest BCUT2D eigenvalue weighted by atomic mass is 28.3. The Balaban J connectivity index is 1.07. The lowest BCUT2D eigenvalue weighted by atomic mass is 9.82. The molecule has 0 nitrogen and oxygen atoms in total. The summed E-state index contributed by atoms with van der Waals surface area (Å²) in [6.45, 7) is 14.7. The Kier molecular flexibility index (Phi) is 11.6. The number of rotatable bonds is 12. The number of hydrogen-bond acceptors (Lipinski definition) is 0. The monoisotopic (exact) mass is 774 g/mol. The summed E-state index contributed by atoms with van der Waals surface area (Å²) in [4.78, 5) is 0. The molecule has 0 amide bonds. The van der Waals surface area contributed by atoms with Crippen LogP contribution in [-0.4, -0.2) is 25.7 Å². The second kappa shape index (κ2) is 16.5. The Labute approximate surface area is 339 Å². The van der Waals surface area contributed by atoms with E-state index in [2.05, 4.69) is 136 Å². The van der Waals surface area contributed by atoms with Gasteiger partial charge in [-0.25, -0.2) is 0 Å². The van der Waals surface area contributed by atoms with Gasteiger partial charge < -0.3 is 0 Å². The molecule has 4 aromatic rings. The molecule has 55 heavy (non-hydrogen) atoms. The molecule has 2 fully saturated rings. The van der Waals surface area contributed by atoms with Gasteiger partial charge in [0.15, 0.2) is 0 Å². The molecule has 4 aliphatic rings. The summed E-state index contributed by atoms with van der Waals surface area (Å²) in [7, 11) is -1.71. The van der Waals surface area contributed by atoms with Crippen LogP contribution >= 0.6 is 0 Å². The third kappa shape index (κ3) is 8.65. The Bertz CT molecular complexity index is 1860. The van der Waals surface area contributed by atoms with Crippen molar-refractivity contribution in [3.63, 3.8) is 0 Å². The average molecular weight is 775 g/mol. The van der Waals surface area contributed by atoms with E-state index in [1.807, 2.05) is 0 Å². The highest BCUT2D eigenvalue weighted by molar-refractivity contribution is 6.89. The molecule has 0 spiro atoms. The zero-order valence-electron chi connectivity index (χ0n) is 34.9. The molecule has 2 unspecified atom stereocenters. The number of allylic oxidation sites excluding steroid dienone is 2. The van der Waals surface area contributed by atoms with Gasteiger partial charge in [0.2, 0.25) is 0 Å². The van der Waals surface area contributed by atoms with E-state index in [1.54, 1.807) is 32.6 Å². The Morgan fingerprint density at radius 1 is 0.473 bits per heavy atom. The van der Waals surface area contributed by atoms with Gasteiger partial charge in [-0.2, -0.15) is 0 Å². The Morgan fingerprint density at radius 3 is 1.22 bits per heavy atom. The van der Waals surface area contributed by atoms with Crippen molar-refractivity contribution in [1.29, 1.82) is 0 Å². The zero-order chi connectivity index (χ0) is 38.2. The topological polar surface area (TPSA) is 0 Å². The van der Waals surface area contributed by atoms with Gasteiger partial charge in [-0.3, -0.25) is 0 Å². The van der Waals surface area contributed by atoms with Crippen LogP contribution in [0.25, 0.3) is 34.4 Å². The molecule has 0 heterocycles. The van der Waals surface area contributed by atoms with Crippen molar-refractivity contribution in [2.45, 2.75) is 140 Å². The summed E-state index contributed by atoms with van der Waals surface area (Å²) >= 11 is 0. The van der Waals surface area contributed by atoms with Gasteiger partial charge in [0.25, 0.3) is 0 Å². The van der Waals surface area contributed by atoms with Crippen LogP contribution in [0.4, 0.5) is 0 Å². The molecule has 4 aromatic carbocycles. The number of fused-ring (bicyclic) bond motifs is 2. The highest BCUT2D eigenvalue weighted by Crippen LogP contribution is 2.49. The zero-order valence-corrected chi connectivity index (χ0v) is 37.9. The van der Waals surface area contributed by atoms with Crippen LogP contribution in [0.2, 0.25) is 51.4 Å². The van der Waals surface area contributed by atoms with Crippen molar-refractivity contribution < 1.29 is 0 Å². The number of hydrogen-bond donors (Lipinski definition) is 0. The molecule has 0 bridgehead atoms. The van der Waals surface area contributed by atoms with Crippen LogP contribution in [0.3, 0.4) is 0 Å². The molecule has 0 saturated heterocycles. The van der Waals surface area contributed by atoms with Crippen molar-refractivity contribution >= 4 is 48.2 Å². The van der Waals surface area contributed by atoms with Crippen molar-refractivity contribution in [2.24, 2.45) is 11.8 Å². The standard InChI is InChI=1S/C52H66Si3/c1-54(2,3)43-27-23-39(24-28-43)45-19-13-21-47-49(45)33-41(31-37-15-9-7-10-16-37)51(47)35-53-36-52-42(32-38-17-11-8-12-18-38)34-50-46(20-14-22-48(50)52)40-25-29-44(30-26-40)55(4,5)6/h13-14,19-30,33-34,37-38,51-52H,7-12,15-18,31-32,35-36H2,1-6H3.